The summed E-state index contributed by atoms with van der Waals surface area (Å²) in [5.41, 5.74) is 4.50. The third-order valence-corrected chi connectivity index (χ3v) is 4.13. The highest BCUT2D eigenvalue weighted by atomic mass is 16.5. The number of hydrogen-bond acceptors (Lipinski definition) is 3. The van der Waals surface area contributed by atoms with E-state index in [9.17, 15) is 5.11 Å². The zero-order chi connectivity index (χ0) is 16.2. The summed E-state index contributed by atoms with van der Waals surface area (Å²) in [7, 11) is 0. The number of anilines is 1. The molecule has 0 heterocycles. The van der Waals surface area contributed by atoms with Crippen molar-refractivity contribution in [3.63, 3.8) is 0 Å². The Morgan fingerprint density at radius 2 is 1.87 bits per heavy atom. The Morgan fingerprint density at radius 3 is 2.48 bits per heavy atom. The van der Waals surface area contributed by atoms with Crippen molar-refractivity contribution < 1.29 is 9.84 Å². The molecule has 2 unspecified atom stereocenters. The summed E-state index contributed by atoms with van der Waals surface area (Å²) in [6.07, 6.45) is 1.99. The maximum Gasteiger partial charge on any atom is 0.121 e. The molecule has 0 radical (unpaired) electrons. The number of nitrogens with one attached hydrogen (secondary N) is 1. The van der Waals surface area contributed by atoms with Crippen molar-refractivity contribution in [2.45, 2.75) is 39.0 Å². The molecule has 3 nitrogen and oxygen atoms in total. The molecule has 0 amide bonds. The third-order valence-electron chi connectivity index (χ3n) is 4.13. The molecule has 122 valence electrons. The molecular formula is C20H25NO2. The first-order valence-electron chi connectivity index (χ1n) is 8.34. The lowest BCUT2D eigenvalue weighted by Gasteiger charge is -2.20. The number of hydrogen-bond donors (Lipinski definition) is 2. The second kappa shape index (κ2) is 7.16. The molecular weight excluding hydrogens is 286 g/mol. The molecule has 1 saturated carbocycles. The fourth-order valence-electron chi connectivity index (χ4n) is 2.73. The lowest BCUT2D eigenvalue weighted by molar-refractivity contribution is 0.0718. The Labute approximate surface area is 138 Å². The van der Waals surface area contributed by atoms with E-state index >= 15 is 0 Å². The van der Waals surface area contributed by atoms with E-state index in [0.717, 1.165) is 23.8 Å². The summed E-state index contributed by atoms with van der Waals surface area (Å²) in [5.74, 6) is 0.735. The fourth-order valence-corrected chi connectivity index (χ4v) is 2.73. The highest BCUT2D eigenvalue weighted by Crippen LogP contribution is 2.34. The minimum Gasteiger partial charge on any atom is -0.374 e. The van der Waals surface area contributed by atoms with Crippen LogP contribution in [0.1, 0.15) is 42.6 Å². The molecule has 3 rings (SSSR count). The molecule has 2 aromatic carbocycles. The molecule has 2 aromatic rings. The normalized spacial score (nSPS) is 16.8. The molecule has 1 aliphatic carbocycles. The van der Waals surface area contributed by atoms with Gasteiger partial charge in [-0.05, 0) is 55.9 Å². The zero-order valence-electron chi connectivity index (χ0n) is 13.8. The highest BCUT2D eigenvalue weighted by Gasteiger charge is 2.24. The van der Waals surface area contributed by atoms with Crippen LogP contribution in [0.2, 0.25) is 0 Å². The molecule has 1 fully saturated rings. The van der Waals surface area contributed by atoms with E-state index in [-0.39, 0.29) is 6.10 Å². The van der Waals surface area contributed by atoms with Crippen molar-refractivity contribution in [1.29, 1.82) is 0 Å². The van der Waals surface area contributed by atoms with Crippen LogP contribution in [-0.2, 0) is 4.74 Å². The summed E-state index contributed by atoms with van der Waals surface area (Å²) < 4.78 is 6.24. The van der Waals surface area contributed by atoms with Gasteiger partial charge in [-0.15, -0.1) is 0 Å². The van der Waals surface area contributed by atoms with Crippen molar-refractivity contribution in [3.05, 3.63) is 65.2 Å². The Bertz CT molecular complexity index is 632. The van der Waals surface area contributed by atoms with Gasteiger partial charge in [-0.2, -0.15) is 0 Å². The van der Waals surface area contributed by atoms with E-state index < -0.39 is 6.23 Å². The molecule has 23 heavy (non-hydrogen) atoms. The average Bonchev–Trinajstić information content (AvgIpc) is 3.33. The van der Waals surface area contributed by atoms with Gasteiger partial charge in [0.05, 0.1) is 6.61 Å². The third kappa shape index (κ3) is 4.57. The van der Waals surface area contributed by atoms with E-state index in [0.29, 0.717) is 0 Å². The number of ether oxygens (including phenoxy) is 1. The second-order valence-corrected chi connectivity index (χ2v) is 6.51. The smallest absolute Gasteiger partial charge is 0.121 e. The second-order valence-electron chi connectivity index (χ2n) is 6.51. The minimum atomic E-state index is -0.556. The molecule has 0 saturated heterocycles. The number of rotatable bonds is 7. The van der Waals surface area contributed by atoms with E-state index in [1.807, 2.05) is 12.1 Å². The first-order valence-corrected chi connectivity index (χ1v) is 8.34. The van der Waals surface area contributed by atoms with Gasteiger partial charge in [-0.1, -0.05) is 42.0 Å². The van der Waals surface area contributed by atoms with Crippen LogP contribution in [0, 0.1) is 12.8 Å². The maximum atomic E-state index is 9.41. The van der Waals surface area contributed by atoms with Gasteiger partial charge in [0.1, 0.15) is 12.3 Å². The first-order chi connectivity index (χ1) is 11.1. The van der Waals surface area contributed by atoms with Crippen LogP contribution in [0.25, 0.3) is 0 Å². The Balaban J connectivity index is 1.81. The molecule has 1 aliphatic rings. The quantitative estimate of drug-likeness (QED) is 0.751. The zero-order valence-corrected chi connectivity index (χ0v) is 13.8. The Hall–Kier alpha value is -1.84. The predicted molar refractivity (Wildman–Crippen MR) is 93.4 cm³/mol. The van der Waals surface area contributed by atoms with Crippen LogP contribution in [0.4, 0.5) is 5.69 Å². The van der Waals surface area contributed by atoms with Crippen LogP contribution in [0.3, 0.4) is 0 Å². The van der Waals surface area contributed by atoms with Crippen LogP contribution in [0.5, 0.6) is 0 Å². The van der Waals surface area contributed by atoms with E-state index in [1.165, 1.54) is 24.0 Å². The van der Waals surface area contributed by atoms with Gasteiger partial charge in [0.25, 0.3) is 0 Å². The van der Waals surface area contributed by atoms with Gasteiger partial charge >= 0.3 is 0 Å². The number of aryl methyl sites for hydroxylation is 1. The monoisotopic (exact) mass is 311 g/mol. The fraction of sp³-hybridized carbons (Fsp3) is 0.400. The highest BCUT2D eigenvalue weighted by molar-refractivity contribution is 5.46. The van der Waals surface area contributed by atoms with Crippen LogP contribution in [-0.4, -0.2) is 17.9 Å². The van der Waals surface area contributed by atoms with Gasteiger partial charge in [0.15, 0.2) is 0 Å². The SMILES string of the molecule is Cc1cccc(C(OCC2CC2)c2ccc(NC(C)O)cc2)c1. The molecule has 0 bridgehead atoms. The number of aliphatic hydroxyl groups excluding tert-OH is 1. The largest absolute Gasteiger partial charge is 0.374 e. The van der Waals surface area contributed by atoms with E-state index in [2.05, 4.69) is 48.6 Å². The van der Waals surface area contributed by atoms with Crippen LogP contribution >= 0.6 is 0 Å². The summed E-state index contributed by atoms with van der Waals surface area (Å²) in [5, 5.41) is 12.4. The lowest BCUT2D eigenvalue weighted by atomic mass is 9.99. The molecule has 0 spiro atoms. The van der Waals surface area contributed by atoms with Gasteiger partial charge in [0.2, 0.25) is 0 Å². The Morgan fingerprint density at radius 1 is 1.13 bits per heavy atom. The summed E-state index contributed by atoms with van der Waals surface area (Å²) in [6.45, 7) is 4.64. The van der Waals surface area contributed by atoms with Gasteiger partial charge in [-0.3, -0.25) is 0 Å². The van der Waals surface area contributed by atoms with Crippen molar-refractivity contribution in [2.24, 2.45) is 5.92 Å². The summed E-state index contributed by atoms with van der Waals surface area (Å²) in [4.78, 5) is 0. The Kier molecular flexibility index (Phi) is 4.99. The van der Waals surface area contributed by atoms with E-state index in [4.69, 9.17) is 4.74 Å². The maximum absolute atomic E-state index is 9.41. The standard InChI is InChI=1S/C20H25NO2/c1-14-4-3-5-18(12-14)20(23-13-16-6-7-16)17-8-10-19(11-9-17)21-15(2)22/h3-5,8-12,15-16,20-22H,6-7,13H2,1-2H3. The van der Waals surface area contributed by atoms with Gasteiger partial charge in [-0.25, -0.2) is 0 Å². The van der Waals surface area contributed by atoms with Crippen LogP contribution in [0.15, 0.2) is 48.5 Å². The molecule has 2 atom stereocenters. The molecule has 2 N–H and O–H groups in total. The average molecular weight is 311 g/mol. The van der Waals surface area contributed by atoms with Crippen molar-refractivity contribution in [2.75, 3.05) is 11.9 Å². The van der Waals surface area contributed by atoms with E-state index in [1.54, 1.807) is 6.92 Å². The molecule has 3 heteroatoms. The van der Waals surface area contributed by atoms with Crippen molar-refractivity contribution in [3.8, 4) is 0 Å². The van der Waals surface area contributed by atoms with Crippen molar-refractivity contribution >= 4 is 5.69 Å². The topological polar surface area (TPSA) is 41.5 Å². The van der Waals surface area contributed by atoms with Crippen molar-refractivity contribution in [1.82, 2.24) is 0 Å². The lowest BCUT2D eigenvalue weighted by Crippen LogP contribution is -2.13. The summed E-state index contributed by atoms with van der Waals surface area (Å²) in [6, 6.07) is 16.6. The van der Waals surface area contributed by atoms with Gasteiger partial charge < -0.3 is 15.2 Å². The first kappa shape index (κ1) is 16.0. The predicted octanol–water partition coefficient (Wildman–Crippen LogP) is 4.26. The number of aliphatic hydroxyl groups is 1. The number of benzene rings is 2. The molecule has 0 aliphatic heterocycles. The molecule has 0 aromatic heterocycles. The van der Waals surface area contributed by atoms with Gasteiger partial charge in [0, 0.05) is 5.69 Å². The minimum absolute atomic E-state index is 0.0314. The summed E-state index contributed by atoms with van der Waals surface area (Å²) >= 11 is 0. The van der Waals surface area contributed by atoms with Crippen LogP contribution < -0.4 is 5.32 Å².